The third kappa shape index (κ3) is 5.22. The van der Waals surface area contributed by atoms with Crippen LogP contribution in [0.4, 0.5) is 5.95 Å². The van der Waals surface area contributed by atoms with Crippen molar-refractivity contribution in [2.75, 3.05) is 38.0 Å². The Balaban J connectivity index is 1.80. The number of nitrogens with zero attached hydrogens (tertiary/aromatic N) is 4. The van der Waals surface area contributed by atoms with Crippen LogP contribution in [-0.4, -0.2) is 75.7 Å². The zero-order valence-corrected chi connectivity index (χ0v) is 15.1. The van der Waals surface area contributed by atoms with E-state index < -0.39 is 0 Å². The fourth-order valence-corrected chi connectivity index (χ4v) is 2.60. The number of carbonyl (C=O) groups is 1. The molecule has 7 nitrogen and oxygen atoms in total. The van der Waals surface area contributed by atoms with Crippen LogP contribution in [0.1, 0.15) is 27.7 Å². The van der Waals surface area contributed by atoms with Crippen LogP contribution in [0.5, 0.6) is 0 Å². The second-order valence-electron chi connectivity index (χ2n) is 7.46. The molecule has 0 bridgehead atoms. The second kappa shape index (κ2) is 8.00. The highest BCUT2D eigenvalue weighted by molar-refractivity contribution is 5.93. The van der Waals surface area contributed by atoms with Crippen LogP contribution >= 0.6 is 0 Å². The number of aliphatic hydroxyl groups is 1. The SMILES string of the molecule is C[C@H](C(=O)Nc1ncccn1)N1CCN(C[C@H](O)C(C)(C)C)CC1. The smallest absolute Gasteiger partial charge is 0.243 e. The number of carbonyl (C=O) groups excluding carboxylic acids is 1. The van der Waals surface area contributed by atoms with Gasteiger partial charge in [0.1, 0.15) is 0 Å². The predicted molar refractivity (Wildman–Crippen MR) is 93.6 cm³/mol. The van der Waals surface area contributed by atoms with Crippen LogP contribution in [0.25, 0.3) is 0 Å². The van der Waals surface area contributed by atoms with E-state index in [0.29, 0.717) is 12.5 Å². The molecule has 24 heavy (non-hydrogen) atoms. The first-order valence-corrected chi connectivity index (χ1v) is 8.49. The topological polar surface area (TPSA) is 81.6 Å². The van der Waals surface area contributed by atoms with Crippen LogP contribution in [0, 0.1) is 5.41 Å². The monoisotopic (exact) mass is 335 g/mol. The van der Waals surface area contributed by atoms with Gasteiger partial charge in [0.15, 0.2) is 0 Å². The summed E-state index contributed by atoms with van der Waals surface area (Å²) >= 11 is 0. The molecule has 1 amide bonds. The zero-order valence-electron chi connectivity index (χ0n) is 15.1. The van der Waals surface area contributed by atoms with Crippen LogP contribution in [0.3, 0.4) is 0 Å². The summed E-state index contributed by atoms with van der Waals surface area (Å²) in [6.45, 7) is 12.0. The van der Waals surface area contributed by atoms with Crippen molar-refractivity contribution < 1.29 is 9.90 Å². The van der Waals surface area contributed by atoms with Gasteiger partial charge in [0.05, 0.1) is 12.1 Å². The molecule has 134 valence electrons. The molecule has 2 atom stereocenters. The zero-order chi connectivity index (χ0) is 17.7. The van der Waals surface area contributed by atoms with Gasteiger partial charge < -0.3 is 5.11 Å². The minimum absolute atomic E-state index is 0.0932. The lowest BCUT2D eigenvalue weighted by molar-refractivity contribution is -0.121. The van der Waals surface area contributed by atoms with E-state index in [-0.39, 0.29) is 23.5 Å². The minimum atomic E-state index is -0.347. The Hall–Kier alpha value is -1.57. The van der Waals surface area contributed by atoms with Gasteiger partial charge in [0.25, 0.3) is 0 Å². The van der Waals surface area contributed by atoms with Crippen molar-refractivity contribution in [1.29, 1.82) is 0 Å². The van der Waals surface area contributed by atoms with E-state index in [1.54, 1.807) is 18.5 Å². The number of anilines is 1. The Kier molecular flexibility index (Phi) is 6.26. The molecule has 0 unspecified atom stereocenters. The highest BCUT2D eigenvalue weighted by atomic mass is 16.3. The molecule has 1 aromatic heterocycles. The number of aromatic nitrogens is 2. The number of hydrogen-bond donors (Lipinski definition) is 2. The molecule has 0 radical (unpaired) electrons. The Morgan fingerprint density at radius 3 is 2.38 bits per heavy atom. The van der Waals surface area contributed by atoms with Gasteiger partial charge in [0, 0.05) is 45.1 Å². The van der Waals surface area contributed by atoms with Gasteiger partial charge in [-0.1, -0.05) is 20.8 Å². The fraction of sp³-hybridized carbons (Fsp3) is 0.706. The third-order valence-corrected chi connectivity index (χ3v) is 4.57. The van der Waals surface area contributed by atoms with Crippen molar-refractivity contribution in [3.8, 4) is 0 Å². The maximum atomic E-state index is 12.3. The summed E-state index contributed by atoms with van der Waals surface area (Å²) in [4.78, 5) is 24.8. The summed E-state index contributed by atoms with van der Waals surface area (Å²) in [6, 6.07) is 1.48. The molecule has 2 heterocycles. The van der Waals surface area contributed by atoms with Crippen molar-refractivity contribution in [3.05, 3.63) is 18.5 Å². The molecular weight excluding hydrogens is 306 g/mol. The molecule has 1 aliphatic heterocycles. The van der Waals surface area contributed by atoms with Gasteiger partial charge in [-0.3, -0.25) is 19.9 Å². The van der Waals surface area contributed by atoms with Crippen molar-refractivity contribution in [2.45, 2.75) is 39.8 Å². The number of β-amino-alcohol motifs (C(OH)–C–C–N with tert-alkyl or cyclic N) is 1. The third-order valence-electron chi connectivity index (χ3n) is 4.57. The molecule has 2 N–H and O–H groups in total. The van der Waals surface area contributed by atoms with Gasteiger partial charge in [-0.05, 0) is 18.4 Å². The van der Waals surface area contributed by atoms with Gasteiger partial charge >= 0.3 is 0 Å². The first kappa shape index (κ1) is 18.8. The van der Waals surface area contributed by atoms with Crippen LogP contribution in [-0.2, 0) is 4.79 Å². The average Bonchev–Trinajstić information content (AvgIpc) is 2.55. The van der Waals surface area contributed by atoms with E-state index in [0.717, 1.165) is 26.2 Å². The molecule has 2 rings (SSSR count). The Labute approximate surface area is 144 Å². The van der Waals surface area contributed by atoms with E-state index in [4.69, 9.17) is 0 Å². The quantitative estimate of drug-likeness (QED) is 0.829. The number of piperazine rings is 1. The lowest BCUT2D eigenvalue weighted by Gasteiger charge is -2.39. The highest BCUT2D eigenvalue weighted by Crippen LogP contribution is 2.20. The van der Waals surface area contributed by atoms with Gasteiger partial charge in [-0.15, -0.1) is 0 Å². The average molecular weight is 335 g/mol. The van der Waals surface area contributed by atoms with Crippen molar-refractivity contribution in [3.63, 3.8) is 0 Å². The van der Waals surface area contributed by atoms with Crippen LogP contribution in [0.15, 0.2) is 18.5 Å². The maximum absolute atomic E-state index is 12.3. The van der Waals surface area contributed by atoms with E-state index >= 15 is 0 Å². The predicted octanol–water partition coefficient (Wildman–Crippen LogP) is 0.828. The van der Waals surface area contributed by atoms with Crippen LogP contribution < -0.4 is 5.32 Å². The molecule has 0 spiro atoms. The normalized spacial score (nSPS) is 19.7. The molecule has 1 fully saturated rings. The summed E-state index contributed by atoms with van der Waals surface area (Å²) in [5, 5.41) is 13.0. The van der Waals surface area contributed by atoms with Crippen molar-refractivity contribution in [1.82, 2.24) is 19.8 Å². The summed E-state index contributed by atoms with van der Waals surface area (Å²) in [6.07, 6.45) is 2.86. The van der Waals surface area contributed by atoms with Crippen molar-refractivity contribution >= 4 is 11.9 Å². The van der Waals surface area contributed by atoms with Crippen LogP contribution in [0.2, 0.25) is 0 Å². The molecule has 7 heteroatoms. The lowest BCUT2D eigenvalue weighted by Crippen LogP contribution is -2.54. The minimum Gasteiger partial charge on any atom is -0.391 e. The van der Waals surface area contributed by atoms with Crippen molar-refractivity contribution in [2.24, 2.45) is 5.41 Å². The number of amides is 1. The lowest BCUT2D eigenvalue weighted by atomic mass is 9.89. The van der Waals surface area contributed by atoms with E-state index in [2.05, 4.69) is 25.1 Å². The van der Waals surface area contributed by atoms with E-state index in [9.17, 15) is 9.90 Å². The standard InChI is InChI=1S/C17H29N5O2/c1-13(15(24)20-16-18-6-5-7-19-16)22-10-8-21(9-11-22)12-14(23)17(2,3)4/h5-7,13-14,23H,8-12H2,1-4H3,(H,18,19,20,24)/t13-,14+/m1/s1. The molecule has 0 aliphatic carbocycles. The molecule has 1 aromatic rings. The summed E-state index contributed by atoms with van der Waals surface area (Å²) < 4.78 is 0. The van der Waals surface area contributed by atoms with Gasteiger partial charge in [-0.25, -0.2) is 9.97 Å². The number of nitrogens with one attached hydrogen (secondary N) is 1. The van der Waals surface area contributed by atoms with Gasteiger partial charge in [0.2, 0.25) is 11.9 Å². The van der Waals surface area contributed by atoms with E-state index in [1.165, 1.54) is 0 Å². The molecule has 0 aromatic carbocycles. The molecular formula is C17H29N5O2. The number of rotatable bonds is 5. The second-order valence-corrected chi connectivity index (χ2v) is 7.46. The number of aliphatic hydroxyl groups excluding tert-OH is 1. The molecule has 1 aliphatic rings. The Bertz CT molecular complexity index is 524. The number of hydrogen-bond acceptors (Lipinski definition) is 6. The Morgan fingerprint density at radius 2 is 1.83 bits per heavy atom. The highest BCUT2D eigenvalue weighted by Gasteiger charge is 2.29. The summed E-state index contributed by atoms with van der Waals surface area (Å²) in [5.41, 5.74) is -0.111. The van der Waals surface area contributed by atoms with Gasteiger partial charge in [-0.2, -0.15) is 0 Å². The molecule has 0 saturated carbocycles. The van der Waals surface area contributed by atoms with E-state index in [1.807, 2.05) is 27.7 Å². The molecule has 1 saturated heterocycles. The first-order chi connectivity index (χ1) is 11.3. The largest absolute Gasteiger partial charge is 0.391 e. The summed E-state index contributed by atoms with van der Waals surface area (Å²) in [5.74, 6) is 0.241. The fourth-order valence-electron chi connectivity index (χ4n) is 2.60. The summed E-state index contributed by atoms with van der Waals surface area (Å²) in [7, 11) is 0. The first-order valence-electron chi connectivity index (χ1n) is 8.49. The maximum Gasteiger partial charge on any atom is 0.243 e. The Morgan fingerprint density at radius 1 is 1.25 bits per heavy atom.